The van der Waals surface area contributed by atoms with Gasteiger partial charge in [0.2, 0.25) is 5.91 Å². The van der Waals surface area contributed by atoms with Crippen molar-refractivity contribution < 1.29 is 14.3 Å². The van der Waals surface area contributed by atoms with Gasteiger partial charge in [0.25, 0.3) is 0 Å². The second kappa shape index (κ2) is 10.2. The number of benzene rings is 1. The van der Waals surface area contributed by atoms with Crippen LogP contribution < -0.4 is 5.32 Å². The SMILES string of the molecule is C=CCCOCC(=O)NC[C@@H]1CN(Cc2ccccc2)CCO1. The monoisotopic (exact) mass is 318 g/mol. The summed E-state index contributed by atoms with van der Waals surface area (Å²) >= 11 is 0. The van der Waals surface area contributed by atoms with Gasteiger partial charge in [0, 0.05) is 26.2 Å². The van der Waals surface area contributed by atoms with E-state index in [4.69, 9.17) is 9.47 Å². The smallest absolute Gasteiger partial charge is 0.246 e. The number of carbonyl (C=O) groups is 1. The minimum absolute atomic E-state index is 0.0320. The summed E-state index contributed by atoms with van der Waals surface area (Å²) in [6, 6.07) is 10.4. The van der Waals surface area contributed by atoms with E-state index in [1.807, 2.05) is 6.07 Å². The van der Waals surface area contributed by atoms with Gasteiger partial charge in [-0.2, -0.15) is 0 Å². The molecular weight excluding hydrogens is 292 g/mol. The molecule has 1 N–H and O–H groups in total. The molecule has 1 aliphatic rings. The molecule has 0 saturated carbocycles. The molecule has 1 aromatic rings. The lowest BCUT2D eigenvalue weighted by atomic mass is 10.2. The van der Waals surface area contributed by atoms with Crippen molar-refractivity contribution in [2.75, 3.05) is 39.5 Å². The van der Waals surface area contributed by atoms with Gasteiger partial charge in [-0.25, -0.2) is 0 Å². The second-order valence-electron chi connectivity index (χ2n) is 5.65. The van der Waals surface area contributed by atoms with Crippen molar-refractivity contribution in [3.05, 3.63) is 48.6 Å². The summed E-state index contributed by atoms with van der Waals surface area (Å²) < 4.78 is 11.0. The van der Waals surface area contributed by atoms with E-state index in [1.165, 1.54) is 5.56 Å². The Kier molecular flexibility index (Phi) is 7.80. The van der Waals surface area contributed by atoms with Crippen LogP contribution in [-0.2, 0) is 20.8 Å². The Hall–Kier alpha value is -1.69. The lowest BCUT2D eigenvalue weighted by Crippen LogP contribution is -2.47. The van der Waals surface area contributed by atoms with E-state index < -0.39 is 0 Å². The Balaban J connectivity index is 1.65. The molecule has 1 heterocycles. The van der Waals surface area contributed by atoms with Gasteiger partial charge in [0.05, 0.1) is 19.3 Å². The fourth-order valence-electron chi connectivity index (χ4n) is 2.50. The van der Waals surface area contributed by atoms with E-state index in [-0.39, 0.29) is 18.6 Å². The van der Waals surface area contributed by atoms with Gasteiger partial charge in [-0.15, -0.1) is 6.58 Å². The summed E-state index contributed by atoms with van der Waals surface area (Å²) in [5, 5.41) is 2.87. The van der Waals surface area contributed by atoms with Crippen molar-refractivity contribution in [1.29, 1.82) is 0 Å². The van der Waals surface area contributed by atoms with Gasteiger partial charge < -0.3 is 14.8 Å². The summed E-state index contributed by atoms with van der Waals surface area (Å²) in [6.07, 6.45) is 2.56. The fourth-order valence-corrected chi connectivity index (χ4v) is 2.50. The van der Waals surface area contributed by atoms with Gasteiger partial charge in [0.1, 0.15) is 6.61 Å². The largest absolute Gasteiger partial charge is 0.374 e. The van der Waals surface area contributed by atoms with Crippen LogP contribution in [0.3, 0.4) is 0 Å². The molecule has 1 fully saturated rings. The average Bonchev–Trinajstić information content (AvgIpc) is 2.58. The van der Waals surface area contributed by atoms with Gasteiger partial charge in [-0.3, -0.25) is 9.69 Å². The van der Waals surface area contributed by atoms with Crippen molar-refractivity contribution in [3.63, 3.8) is 0 Å². The zero-order chi connectivity index (χ0) is 16.3. The number of carbonyl (C=O) groups excluding carboxylic acids is 1. The molecule has 1 atom stereocenters. The van der Waals surface area contributed by atoms with Gasteiger partial charge in [0.15, 0.2) is 0 Å². The molecule has 0 unspecified atom stereocenters. The van der Waals surface area contributed by atoms with Gasteiger partial charge >= 0.3 is 0 Å². The van der Waals surface area contributed by atoms with Gasteiger partial charge in [-0.05, 0) is 12.0 Å². The van der Waals surface area contributed by atoms with Crippen molar-refractivity contribution in [2.45, 2.75) is 19.1 Å². The van der Waals surface area contributed by atoms with Crippen LogP contribution in [0.2, 0.25) is 0 Å². The first-order chi connectivity index (χ1) is 11.3. The van der Waals surface area contributed by atoms with Crippen molar-refractivity contribution in [2.24, 2.45) is 0 Å². The lowest BCUT2D eigenvalue weighted by Gasteiger charge is -2.33. The number of rotatable bonds is 9. The molecule has 0 radical (unpaired) electrons. The number of nitrogens with one attached hydrogen (secondary N) is 1. The highest BCUT2D eigenvalue weighted by Crippen LogP contribution is 2.10. The number of hydrogen-bond acceptors (Lipinski definition) is 4. The summed E-state index contributed by atoms with van der Waals surface area (Å²) in [7, 11) is 0. The molecule has 1 saturated heterocycles. The van der Waals surface area contributed by atoms with E-state index in [1.54, 1.807) is 6.08 Å². The minimum Gasteiger partial charge on any atom is -0.374 e. The topological polar surface area (TPSA) is 50.8 Å². The fraction of sp³-hybridized carbons (Fsp3) is 0.500. The minimum atomic E-state index is -0.0992. The van der Waals surface area contributed by atoms with Crippen LogP contribution >= 0.6 is 0 Å². The molecule has 2 rings (SSSR count). The quantitative estimate of drug-likeness (QED) is 0.555. The van der Waals surface area contributed by atoms with Gasteiger partial charge in [-0.1, -0.05) is 36.4 Å². The zero-order valence-corrected chi connectivity index (χ0v) is 13.6. The Morgan fingerprint density at radius 1 is 1.43 bits per heavy atom. The highest BCUT2D eigenvalue weighted by atomic mass is 16.5. The van der Waals surface area contributed by atoms with Crippen molar-refractivity contribution in [3.8, 4) is 0 Å². The molecule has 0 aromatic heterocycles. The first kappa shape index (κ1) is 17.7. The van der Waals surface area contributed by atoms with Crippen LogP contribution in [0, 0.1) is 0 Å². The van der Waals surface area contributed by atoms with E-state index in [2.05, 4.69) is 41.1 Å². The van der Waals surface area contributed by atoms with Crippen LogP contribution in [-0.4, -0.2) is 56.4 Å². The Morgan fingerprint density at radius 3 is 3.04 bits per heavy atom. The number of ether oxygens (including phenoxy) is 2. The third-order valence-electron chi connectivity index (χ3n) is 3.70. The Bertz CT molecular complexity index is 478. The summed E-state index contributed by atoms with van der Waals surface area (Å²) in [5.74, 6) is -0.0992. The maximum Gasteiger partial charge on any atom is 0.246 e. The normalized spacial score (nSPS) is 18.5. The second-order valence-corrected chi connectivity index (χ2v) is 5.65. The molecule has 5 nitrogen and oxygen atoms in total. The molecule has 5 heteroatoms. The third kappa shape index (κ3) is 6.95. The number of amides is 1. The molecule has 126 valence electrons. The van der Waals surface area contributed by atoms with Crippen LogP contribution in [0.4, 0.5) is 0 Å². The summed E-state index contributed by atoms with van der Waals surface area (Å²) in [5.41, 5.74) is 1.30. The predicted molar refractivity (Wildman–Crippen MR) is 90.1 cm³/mol. The van der Waals surface area contributed by atoms with E-state index in [9.17, 15) is 4.79 Å². The molecule has 23 heavy (non-hydrogen) atoms. The first-order valence-electron chi connectivity index (χ1n) is 8.11. The maximum absolute atomic E-state index is 11.7. The molecule has 0 spiro atoms. The maximum atomic E-state index is 11.7. The molecular formula is C18H26N2O3. The van der Waals surface area contributed by atoms with Crippen molar-refractivity contribution >= 4 is 5.91 Å². The summed E-state index contributed by atoms with van der Waals surface area (Å²) in [4.78, 5) is 14.0. The standard InChI is InChI=1S/C18H26N2O3/c1-2-3-10-22-15-18(21)19-12-17-14-20(9-11-23-17)13-16-7-5-4-6-8-16/h2,4-8,17H,1,3,9-15H2,(H,19,21)/t17-/m1/s1. The Labute approximate surface area is 138 Å². The molecule has 0 bridgehead atoms. The number of morpholine rings is 1. The third-order valence-corrected chi connectivity index (χ3v) is 3.70. The van der Waals surface area contributed by atoms with E-state index in [0.717, 1.165) is 26.1 Å². The molecule has 0 aliphatic carbocycles. The lowest BCUT2D eigenvalue weighted by molar-refractivity contribution is -0.126. The first-order valence-corrected chi connectivity index (χ1v) is 8.11. The molecule has 1 amide bonds. The molecule has 1 aromatic carbocycles. The summed E-state index contributed by atoms with van der Waals surface area (Å²) in [6.45, 7) is 8.11. The van der Waals surface area contributed by atoms with Crippen molar-refractivity contribution in [1.82, 2.24) is 10.2 Å². The zero-order valence-electron chi connectivity index (χ0n) is 13.6. The van der Waals surface area contributed by atoms with E-state index >= 15 is 0 Å². The number of hydrogen-bond donors (Lipinski definition) is 1. The Morgan fingerprint density at radius 2 is 2.26 bits per heavy atom. The van der Waals surface area contributed by atoms with Crippen LogP contribution in [0.1, 0.15) is 12.0 Å². The highest BCUT2D eigenvalue weighted by molar-refractivity contribution is 5.77. The van der Waals surface area contributed by atoms with Crippen LogP contribution in [0.5, 0.6) is 0 Å². The number of nitrogens with zero attached hydrogens (tertiary/aromatic N) is 1. The average molecular weight is 318 g/mol. The van der Waals surface area contributed by atoms with Crippen LogP contribution in [0.15, 0.2) is 43.0 Å². The molecule has 1 aliphatic heterocycles. The highest BCUT2D eigenvalue weighted by Gasteiger charge is 2.20. The van der Waals surface area contributed by atoms with E-state index in [0.29, 0.717) is 19.8 Å². The predicted octanol–water partition coefficient (Wildman–Crippen LogP) is 1.60. The van der Waals surface area contributed by atoms with Crippen LogP contribution in [0.25, 0.3) is 0 Å².